The van der Waals surface area contributed by atoms with Crippen LogP contribution in [0.2, 0.25) is 0 Å². The second kappa shape index (κ2) is 8.98. The molecule has 36 heavy (non-hydrogen) atoms. The Morgan fingerprint density at radius 1 is 1.14 bits per heavy atom. The monoisotopic (exact) mass is 489 g/mol. The number of aliphatic hydroxyl groups is 1. The molecule has 2 N–H and O–H groups in total. The predicted molar refractivity (Wildman–Crippen MR) is 136 cm³/mol. The number of rotatable bonds is 4. The third kappa shape index (κ3) is 4.03. The van der Waals surface area contributed by atoms with Gasteiger partial charge in [-0.05, 0) is 54.2 Å². The van der Waals surface area contributed by atoms with Gasteiger partial charge in [-0.3, -0.25) is 9.59 Å². The molecule has 7 nitrogen and oxygen atoms in total. The van der Waals surface area contributed by atoms with Crippen LogP contribution in [-0.2, 0) is 23.1 Å². The van der Waals surface area contributed by atoms with E-state index in [1.165, 1.54) is 11.1 Å². The zero-order valence-electron chi connectivity index (χ0n) is 21.1. The van der Waals surface area contributed by atoms with Crippen molar-refractivity contribution in [2.24, 2.45) is 0 Å². The number of nitrogens with zero attached hydrogens (tertiary/aromatic N) is 2. The minimum atomic E-state index is -0.669. The van der Waals surface area contributed by atoms with Crippen molar-refractivity contribution in [1.29, 1.82) is 0 Å². The molecule has 190 valence electrons. The molecule has 2 aromatic carbocycles. The van der Waals surface area contributed by atoms with E-state index in [2.05, 4.69) is 31.3 Å². The summed E-state index contributed by atoms with van der Waals surface area (Å²) in [6.45, 7) is 6.94. The van der Waals surface area contributed by atoms with Gasteiger partial charge in [0, 0.05) is 42.2 Å². The summed E-state index contributed by atoms with van der Waals surface area (Å²) >= 11 is 0. The predicted octanol–water partition coefficient (Wildman–Crippen LogP) is 2.50. The Kier molecular flexibility index (Phi) is 5.90. The van der Waals surface area contributed by atoms with Crippen LogP contribution in [-0.4, -0.2) is 77.3 Å². The quantitative estimate of drug-likeness (QED) is 0.690. The van der Waals surface area contributed by atoms with E-state index in [1.54, 1.807) is 11.0 Å². The van der Waals surface area contributed by atoms with E-state index in [-0.39, 0.29) is 41.9 Å². The number of β-amino-alcohol motifs (C(OH)–C–C–N with tert-alkyl or cyclic N) is 1. The van der Waals surface area contributed by atoms with Crippen molar-refractivity contribution >= 4 is 11.8 Å². The van der Waals surface area contributed by atoms with Gasteiger partial charge in [0.15, 0.2) is 0 Å². The molecule has 0 radical (unpaired) electrons. The van der Waals surface area contributed by atoms with Gasteiger partial charge in [0.25, 0.3) is 11.8 Å². The lowest BCUT2D eigenvalue weighted by Gasteiger charge is -2.42. The zero-order valence-corrected chi connectivity index (χ0v) is 21.1. The van der Waals surface area contributed by atoms with E-state index >= 15 is 0 Å². The Labute approximate surface area is 212 Å². The second-order valence-corrected chi connectivity index (χ2v) is 11.5. The molecule has 0 saturated carbocycles. The summed E-state index contributed by atoms with van der Waals surface area (Å²) < 4.78 is 5.65. The number of aliphatic hydroxyl groups excluding tert-OH is 1. The number of benzene rings is 2. The number of carbonyl (C=O) groups is 2. The van der Waals surface area contributed by atoms with Crippen molar-refractivity contribution in [1.82, 2.24) is 15.1 Å². The zero-order chi connectivity index (χ0) is 25.0. The first-order valence-electron chi connectivity index (χ1n) is 13.1. The number of nitrogens with one attached hydrogen (secondary N) is 1. The summed E-state index contributed by atoms with van der Waals surface area (Å²) in [4.78, 5) is 30.7. The molecule has 0 spiro atoms. The maximum Gasteiger partial charge on any atom is 0.254 e. The second-order valence-electron chi connectivity index (χ2n) is 11.5. The number of hydrogen-bond donors (Lipinski definition) is 2. The van der Waals surface area contributed by atoms with Crippen LogP contribution >= 0.6 is 0 Å². The molecule has 2 aromatic rings. The summed E-state index contributed by atoms with van der Waals surface area (Å²) in [5, 5.41) is 14.5. The first kappa shape index (κ1) is 23.6. The number of amides is 2. The molecule has 4 heterocycles. The Hall–Kier alpha value is -2.74. The summed E-state index contributed by atoms with van der Waals surface area (Å²) in [5.41, 5.74) is 4.36. The summed E-state index contributed by atoms with van der Waals surface area (Å²) in [7, 11) is 0. The molecule has 2 amide bonds. The SMILES string of the molecule is CC1(C)CN(C[C@H](O)[C@@H]2Cc3ccccc3CN2)C(=O)c2ccc(C(=O)N3C4CCC3COC4)cc21. The molecule has 2 saturated heterocycles. The van der Waals surface area contributed by atoms with Crippen LogP contribution in [0, 0.1) is 0 Å². The van der Waals surface area contributed by atoms with E-state index in [1.807, 2.05) is 29.2 Å². The van der Waals surface area contributed by atoms with Crippen LogP contribution in [0.25, 0.3) is 0 Å². The van der Waals surface area contributed by atoms with Crippen molar-refractivity contribution < 1.29 is 19.4 Å². The first-order valence-corrected chi connectivity index (χ1v) is 13.1. The van der Waals surface area contributed by atoms with Crippen molar-refractivity contribution in [3.8, 4) is 0 Å². The molecule has 0 aliphatic carbocycles. The molecular formula is C29H35N3O4. The lowest BCUT2D eigenvalue weighted by Crippen LogP contribution is -2.54. The van der Waals surface area contributed by atoms with E-state index in [0.717, 1.165) is 31.4 Å². The van der Waals surface area contributed by atoms with Crippen LogP contribution < -0.4 is 5.32 Å². The van der Waals surface area contributed by atoms with Gasteiger partial charge in [0.1, 0.15) is 0 Å². The minimum Gasteiger partial charge on any atom is -0.390 e. The number of fused-ring (bicyclic) bond motifs is 4. The van der Waals surface area contributed by atoms with Gasteiger partial charge < -0.3 is 25.0 Å². The minimum absolute atomic E-state index is 0.0401. The smallest absolute Gasteiger partial charge is 0.254 e. The van der Waals surface area contributed by atoms with E-state index in [4.69, 9.17) is 4.74 Å². The maximum absolute atomic E-state index is 13.5. The Balaban J connectivity index is 1.20. The molecule has 4 atom stereocenters. The van der Waals surface area contributed by atoms with Crippen LogP contribution in [0.1, 0.15) is 64.1 Å². The number of hydrogen-bond acceptors (Lipinski definition) is 5. The lowest BCUT2D eigenvalue weighted by atomic mass is 9.77. The average Bonchev–Trinajstić information content (AvgIpc) is 3.13. The van der Waals surface area contributed by atoms with Crippen molar-refractivity contribution in [2.75, 3.05) is 26.3 Å². The van der Waals surface area contributed by atoms with Crippen molar-refractivity contribution in [2.45, 2.75) is 69.3 Å². The fourth-order valence-electron chi connectivity index (χ4n) is 6.59. The molecule has 0 aromatic heterocycles. The van der Waals surface area contributed by atoms with Gasteiger partial charge in [-0.2, -0.15) is 0 Å². The maximum atomic E-state index is 13.5. The Morgan fingerprint density at radius 2 is 1.86 bits per heavy atom. The highest BCUT2D eigenvalue weighted by atomic mass is 16.5. The Bertz CT molecular complexity index is 1180. The highest BCUT2D eigenvalue weighted by molar-refractivity contribution is 6.00. The molecule has 2 fully saturated rings. The van der Waals surface area contributed by atoms with E-state index < -0.39 is 6.10 Å². The molecule has 7 heteroatoms. The van der Waals surface area contributed by atoms with E-state index in [0.29, 0.717) is 30.9 Å². The molecular weight excluding hydrogens is 454 g/mol. The van der Waals surface area contributed by atoms with Crippen LogP contribution in [0.15, 0.2) is 42.5 Å². The number of carbonyl (C=O) groups excluding carboxylic acids is 2. The number of ether oxygens (including phenoxy) is 1. The number of morpholine rings is 1. The Morgan fingerprint density at radius 3 is 2.61 bits per heavy atom. The summed E-state index contributed by atoms with van der Waals surface area (Å²) in [6, 6.07) is 14.0. The average molecular weight is 490 g/mol. The standard InChI is InChI=1S/C29H35N3O4/c1-29(2)17-31(14-26(33)25-12-18-5-3-4-6-20(18)13-30-25)28(35)23-10-7-19(11-24(23)29)27(34)32-21-8-9-22(32)16-36-15-21/h3-7,10-11,21-22,25-26,30,33H,8-9,12-17H2,1-2H3/t21?,22?,25-,26-/m0/s1. The van der Waals surface area contributed by atoms with Gasteiger partial charge in [0.05, 0.1) is 31.4 Å². The third-order valence-corrected chi connectivity index (χ3v) is 8.56. The first-order chi connectivity index (χ1) is 17.3. The highest BCUT2D eigenvalue weighted by Crippen LogP contribution is 2.36. The van der Waals surface area contributed by atoms with Gasteiger partial charge in [0.2, 0.25) is 0 Å². The lowest BCUT2D eigenvalue weighted by molar-refractivity contribution is -0.00717. The highest BCUT2D eigenvalue weighted by Gasteiger charge is 2.42. The van der Waals surface area contributed by atoms with Crippen LogP contribution in [0.5, 0.6) is 0 Å². The van der Waals surface area contributed by atoms with Crippen LogP contribution in [0.3, 0.4) is 0 Å². The molecule has 6 rings (SSSR count). The summed E-state index contributed by atoms with van der Waals surface area (Å²) in [5.74, 6) is -0.0385. The molecule has 4 aliphatic rings. The summed E-state index contributed by atoms with van der Waals surface area (Å²) in [6.07, 6.45) is 2.06. The van der Waals surface area contributed by atoms with Gasteiger partial charge >= 0.3 is 0 Å². The molecule has 2 bridgehead atoms. The molecule has 2 unspecified atom stereocenters. The third-order valence-electron chi connectivity index (χ3n) is 8.56. The topological polar surface area (TPSA) is 82.1 Å². The fraction of sp³-hybridized carbons (Fsp3) is 0.517. The van der Waals surface area contributed by atoms with Gasteiger partial charge in [-0.15, -0.1) is 0 Å². The molecule has 4 aliphatic heterocycles. The van der Waals surface area contributed by atoms with E-state index in [9.17, 15) is 14.7 Å². The van der Waals surface area contributed by atoms with Crippen molar-refractivity contribution in [3.63, 3.8) is 0 Å². The van der Waals surface area contributed by atoms with Gasteiger partial charge in [-0.1, -0.05) is 38.1 Å². The van der Waals surface area contributed by atoms with Crippen molar-refractivity contribution in [3.05, 3.63) is 70.3 Å². The normalized spacial score (nSPS) is 27.4. The van der Waals surface area contributed by atoms with Crippen LogP contribution in [0.4, 0.5) is 0 Å². The van der Waals surface area contributed by atoms with Gasteiger partial charge in [-0.25, -0.2) is 0 Å². The fourth-order valence-corrected chi connectivity index (χ4v) is 6.59. The largest absolute Gasteiger partial charge is 0.390 e.